The molecule has 4 nitrogen and oxygen atoms in total. The van der Waals surface area contributed by atoms with E-state index >= 15 is 0 Å². The Morgan fingerprint density at radius 2 is 2.24 bits per heavy atom. The van der Waals surface area contributed by atoms with Crippen molar-refractivity contribution in [2.75, 3.05) is 6.54 Å². The topological polar surface area (TPSA) is 76.5 Å². The van der Waals surface area contributed by atoms with Crippen molar-refractivity contribution in [2.24, 2.45) is 5.73 Å². The molecule has 0 aliphatic rings. The lowest BCUT2D eigenvalue weighted by atomic mass is 10.0. The molecule has 1 heterocycles. The molecule has 1 aromatic carbocycles. The van der Waals surface area contributed by atoms with Gasteiger partial charge in [-0.3, -0.25) is 4.79 Å². The molecule has 3 N–H and O–H groups in total. The summed E-state index contributed by atoms with van der Waals surface area (Å²) in [5, 5.41) is 9.79. The standard InChI is InChI=1S/C13H15NO3/c1-8-2-3-11-9(4-8)5-12(17-11)10(7-14)6-13(15)16/h2-5,10H,6-7,14H2,1H3,(H,15,16). The van der Waals surface area contributed by atoms with Gasteiger partial charge in [0.15, 0.2) is 0 Å². The first-order chi connectivity index (χ1) is 8.10. The second-order valence-corrected chi connectivity index (χ2v) is 4.22. The summed E-state index contributed by atoms with van der Waals surface area (Å²) in [6.45, 7) is 2.27. The third kappa shape index (κ3) is 2.47. The molecule has 2 aromatic rings. The van der Waals surface area contributed by atoms with Crippen molar-refractivity contribution in [2.45, 2.75) is 19.3 Å². The van der Waals surface area contributed by atoms with Gasteiger partial charge >= 0.3 is 5.97 Å². The first-order valence-electron chi connectivity index (χ1n) is 5.52. The van der Waals surface area contributed by atoms with E-state index in [9.17, 15) is 4.79 Å². The Morgan fingerprint density at radius 3 is 2.88 bits per heavy atom. The Balaban J connectivity index is 2.37. The molecule has 0 saturated carbocycles. The van der Waals surface area contributed by atoms with Crippen LogP contribution >= 0.6 is 0 Å². The molecule has 0 amide bonds. The first kappa shape index (κ1) is 11.7. The van der Waals surface area contributed by atoms with Crippen LogP contribution in [0.25, 0.3) is 11.0 Å². The van der Waals surface area contributed by atoms with E-state index in [4.69, 9.17) is 15.3 Å². The number of rotatable bonds is 4. The zero-order valence-electron chi connectivity index (χ0n) is 9.64. The molecule has 0 bridgehead atoms. The van der Waals surface area contributed by atoms with Crippen molar-refractivity contribution in [1.29, 1.82) is 0 Å². The van der Waals surface area contributed by atoms with E-state index in [-0.39, 0.29) is 18.9 Å². The van der Waals surface area contributed by atoms with Crippen LogP contribution in [0.3, 0.4) is 0 Å². The summed E-state index contributed by atoms with van der Waals surface area (Å²) in [7, 11) is 0. The normalized spacial score (nSPS) is 12.8. The summed E-state index contributed by atoms with van der Waals surface area (Å²) >= 11 is 0. The van der Waals surface area contributed by atoms with Crippen LogP contribution in [0.2, 0.25) is 0 Å². The van der Waals surface area contributed by atoms with Gasteiger partial charge in [0, 0.05) is 17.8 Å². The van der Waals surface area contributed by atoms with Crippen molar-refractivity contribution in [3.8, 4) is 0 Å². The monoisotopic (exact) mass is 233 g/mol. The maximum Gasteiger partial charge on any atom is 0.304 e. The SMILES string of the molecule is Cc1ccc2oc(C(CN)CC(=O)O)cc2c1. The zero-order chi connectivity index (χ0) is 12.4. The molecule has 17 heavy (non-hydrogen) atoms. The fraction of sp³-hybridized carbons (Fsp3) is 0.308. The number of carboxylic acids is 1. The zero-order valence-corrected chi connectivity index (χ0v) is 9.64. The summed E-state index contributed by atoms with van der Waals surface area (Å²) in [5.41, 5.74) is 7.50. The summed E-state index contributed by atoms with van der Waals surface area (Å²) in [5.74, 6) is -0.479. The fourth-order valence-corrected chi connectivity index (χ4v) is 1.90. The number of carbonyl (C=O) groups is 1. The molecule has 4 heteroatoms. The van der Waals surface area contributed by atoms with Crippen molar-refractivity contribution in [1.82, 2.24) is 0 Å². The Hall–Kier alpha value is -1.81. The molecule has 2 rings (SSSR count). The van der Waals surface area contributed by atoms with Gasteiger partial charge in [-0.2, -0.15) is 0 Å². The van der Waals surface area contributed by atoms with Crippen LogP contribution in [0.5, 0.6) is 0 Å². The molecule has 0 saturated heterocycles. The molecule has 0 aliphatic heterocycles. The van der Waals surface area contributed by atoms with E-state index in [1.54, 1.807) is 0 Å². The molecule has 1 atom stereocenters. The minimum absolute atomic E-state index is 0.00466. The van der Waals surface area contributed by atoms with E-state index in [1.165, 1.54) is 0 Å². The van der Waals surface area contributed by atoms with Crippen LogP contribution in [0, 0.1) is 6.92 Å². The molecular weight excluding hydrogens is 218 g/mol. The van der Waals surface area contributed by atoms with Gasteiger partial charge in [0.25, 0.3) is 0 Å². The van der Waals surface area contributed by atoms with Crippen LogP contribution in [-0.4, -0.2) is 17.6 Å². The maximum absolute atomic E-state index is 10.7. The second-order valence-electron chi connectivity index (χ2n) is 4.22. The molecule has 1 aromatic heterocycles. The average molecular weight is 233 g/mol. The highest BCUT2D eigenvalue weighted by Gasteiger charge is 2.18. The predicted molar refractivity (Wildman–Crippen MR) is 65.0 cm³/mol. The van der Waals surface area contributed by atoms with Crippen molar-refractivity contribution in [3.05, 3.63) is 35.6 Å². The van der Waals surface area contributed by atoms with Crippen LogP contribution in [0.15, 0.2) is 28.7 Å². The number of aryl methyl sites for hydroxylation is 1. The Labute approximate surface area is 99.0 Å². The van der Waals surface area contributed by atoms with Gasteiger partial charge in [-0.25, -0.2) is 0 Å². The molecule has 90 valence electrons. The van der Waals surface area contributed by atoms with Gasteiger partial charge in [0.05, 0.1) is 6.42 Å². The Bertz CT molecular complexity index is 545. The number of hydrogen-bond acceptors (Lipinski definition) is 3. The van der Waals surface area contributed by atoms with E-state index in [0.29, 0.717) is 5.76 Å². The van der Waals surface area contributed by atoms with Gasteiger partial charge in [-0.1, -0.05) is 11.6 Å². The lowest BCUT2D eigenvalue weighted by molar-refractivity contribution is -0.137. The van der Waals surface area contributed by atoms with Crippen molar-refractivity contribution >= 4 is 16.9 Å². The molecule has 1 unspecified atom stereocenters. The van der Waals surface area contributed by atoms with Crippen LogP contribution in [0.4, 0.5) is 0 Å². The fourth-order valence-electron chi connectivity index (χ4n) is 1.90. The van der Waals surface area contributed by atoms with Crippen LogP contribution in [0.1, 0.15) is 23.7 Å². The van der Waals surface area contributed by atoms with Gasteiger partial charge in [0.2, 0.25) is 0 Å². The van der Waals surface area contributed by atoms with E-state index in [2.05, 4.69) is 0 Å². The third-order valence-electron chi connectivity index (χ3n) is 2.80. The summed E-state index contributed by atoms with van der Waals surface area (Å²) in [6.07, 6.45) is -0.00466. The van der Waals surface area contributed by atoms with E-state index in [1.807, 2.05) is 31.2 Å². The quantitative estimate of drug-likeness (QED) is 0.849. The number of fused-ring (bicyclic) bond motifs is 1. The number of nitrogens with two attached hydrogens (primary N) is 1. The van der Waals surface area contributed by atoms with Gasteiger partial charge in [0.1, 0.15) is 11.3 Å². The van der Waals surface area contributed by atoms with Gasteiger partial charge in [-0.15, -0.1) is 0 Å². The summed E-state index contributed by atoms with van der Waals surface area (Å²) in [4.78, 5) is 10.7. The number of carboxylic acid groups (broad SMARTS) is 1. The Kier molecular flexibility index (Phi) is 3.15. The number of benzene rings is 1. The lowest BCUT2D eigenvalue weighted by Crippen LogP contribution is -2.15. The van der Waals surface area contributed by atoms with Crippen LogP contribution < -0.4 is 5.73 Å². The largest absolute Gasteiger partial charge is 0.481 e. The predicted octanol–water partition coefficient (Wildman–Crippen LogP) is 2.26. The molecule has 0 radical (unpaired) electrons. The smallest absolute Gasteiger partial charge is 0.304 e. The second kappa shape index (κ2) is 4.59. The summed E-state index contributed by atoms with van der Waals surface area (Å²) in [6, 6.07) is 7.74. The van der Waals surface area contributed by atoms with Crippen molar-refractivity contribution in [3.63, 3.8) is 0 Å². The average Bonchev–Trinajstić information content (AvgIpc) is 2.68. The highest BCUT2D eigenvalue weighted by Crippen LogP contribution is 2.27. The molecule has 0 fully saturated rings. The summed E-state index contributed by atoms with van der Waals surface area (Å²) < 4.78 is 5.63. The molecule has 0 aliphatic carbocycles. The van der Waals surface area contributed by atoms with E-state index in [0.717, 1.165) is 16.5 Å². The van der Waals surface area contributed by atoms with Crippen LogP contribution in [-0.2, 0) is 4.79 Å². The van der Waals surface area contributed by atoms with E-state index < -0.39 is 5.97 Å². The first-order valence-corrected chi connectivity index (χ1v) is 5.52. The van der Waals surface area contributed by atoms with Gasteiger partial charge < -0.3 is 15.3 Å². The van der Waals surface area contributed by atoms with Crippen molar-refractivity contribution < 1.29 is 14.3 Å². The highest BCUT2D eigenvalue weighted by atomic mass is 16.4. The van der Waals surface area contributed by atoms with Gasteiger partial charge in [-0.05, 0) is 25.1 Å². The number of furan rings is 1. The maximum atomic E-state index is 10.7. The molecule has 0 spiro atoms. The Morgan fingerprint density at radius 1 is 1.47 bits per heavy atom. The highest BCUT2D eigenvalue weighted by molar-refractivity contribution is 5.79. The minimum atomic E-state index is -0.864. The molecular formula is C13H15NO3. The lowest BCUT2D eigenvalue weighted by Gasteiger charge is -2.07. The minimum Gasteiger partial charge on any atom is -0.481 e. The number of hydrogen-bond donors (Lipinski definition) is 2. The third-order valence-corrected chi connectivity index (χ3v) is 2.80. The number of aliphatic carboxylic acids is 1.